The molecule has 0 radical (unpaired) electrons. The average molecular weight is 497 g/mol. The molecule has 0 spiro atoms. The lowest BCUT2D eigenvalue weighted by atomic mass is 10.0. The van der Waals surface area contributed by atoms with Crippen molar-refractivity contribution in [3.63, 3.8) is 0 Å². The monoisotopic (exact) mass is 496 g/mol. The summed E-state index contributed by atoms with van der Waals surface area (Å²) >= 11 is 1.39. The molecule has 0 saturated carbocycles. The second-order valence-corrected chi connectivity index (χ2v) is 10.2. The van der Waals surface area contributed by atoms with Gasteiger partial charge < -0.3 is 19.4 Å². The minimum atomic E-state index is -0.274. The minimum absolute atomic E-state index is 0.0546. The smallest absolute Gasteiger partial charge is 0.230 e. The molecule has 0 bridgehead atoms. The first-order valence-electron chi connectivity index (χ1n) is 12.0. The van der Waals surface area contributed by atoms with Crippen molar-refractivity contribution in [1.82, 2.24) is 20.1 Å². The number of hydrogen-bond donors (Lipinski definition) is 1. The van der Waals surface area contributed by atoms with E-state index in [1.165, 1.54) is 17.3 Å². The molecular formula is C27H36N4O3S. The molecule has 0 aliphatic heterocycles. The van der Waals surface area contributed by atoms with E-state index in [4.69, 9.17) is 9.47 Å². The molecule has 7 nitrogen and oxygen atoms in total. The highest BCUT2D eigenvalue weighted by Gasteiger charge is 2.21. The van der Waals surface area contributed by atoms with Crippen molar-refractivity contribution in [2.24, 2.45) is 5.92 Å². The molecule has 0 fully saturated rings. The first kappa shape index (κ1) is 26.6. The Hall–Kier alpha value is -3.00. The van der Waals surface area contributed by atoms with Crippen molar-refractivity contribution in [2.45, 2.75) is 64.9 Å². The highest BCUT2D eigenvalue weighted by molar-refractivity contribution is 7.99. The van der Waals surface area contributed by atoms with Crippen molar-refractivity contribution in [3.8, 4) is 11.5 Å². The summed E-state index contributed by atoms with van der Waals surface area (Å²) < 4.78 is 13.4. The molecule has 1 heterocycles. The Morgan fingerprint density at radius 1 is 0.971 bits per heavy atom. The summed E-state index contributed by atoms with van der Waals surface area (Å²) in [6.45, 7) is 11.8. The lowest BCUT2D eigenvalue weighted by Crippen LogP contribution is -2.24. The van der Waals surface area contributed by atoms with E-state index in [-0.39, 0.29) is 17.8 Å². The highest BCUT2D eigenvalue weighted by atomic mass is 32.2. The summed E-state index contributed by atoms with van der Waals surface area (Å²) in [6.07, 6.45) is -0.274. The number of ether oxygens (including phenoxy) is 2. The lowest BCUT2D eigenvalue weighted by Gasteiger charge is -2.18. The quantitative estimate of drug-likeness (QED) is 0.328. The number of rotatable bonds is 12. The van der Waals surface area contributed by atoms with Gasteiger partial charge >= 0.3 is 0 Å². The van der Waals surface area contributed by atoms with E-state index < -0.39 is 0 Å². The maximum absolute atomic E-state index is 12.5. The summed E-state index contributed by atoms with van der Waals surface area (Å²) in [6, 6.07) is 15.8. The number of thioether (sulfide) groups is 1. The number of methoxy groups -OCH3 is 1. The third-order valence-corrected chi connectivity index (χ3v) is 6.46. The molecule has 35 heavy (non-hydrogen) atoms. The van der Waals surface area contributed by atoms with Crippen LogP contribution in [0, 0.1) is 5.92 Å². The average Bonchev–Trinajstić information content (AvgIpc) is 3.23. The topological polar surface area (TPSA) is 78.3 Å². The fraction of sp³-hybridized carbons (Fsp3) is 0.444. The van der Waals surface area contributed by atoms with Crippen molar-refractivity contribution in [2.75, 3.05) is 12.9 Å². The maximum Gasteiger partial charge on any atom is 0.230 e. The third kappa shape index (κ3) is 7.75. The zero-order valence-corrected chi connectivity index (χ0v) is 22.3. The normalized spacial score (nSPS) is 12.1. The summed E-state index contributed by atoms with van der Waals surface area (Å²) in [5.74, 6) is 3.43. The second kappa shape index (κ2) is 12.6. The molecule has 1 aromatic heterocycles. The molecule has 0 saturated heterocycles. The summed E-state index contributed by atoms with van der Waals surface area (Å²) in [5.41, 5.74) is 2.29. The first-order valence-corrected chi connectivity index (χ1v) is 13.0. The van der Waals surface area contributed by atoms with Crippen molar-refractivity contribution in [1.29, 1.82) is 0 Å². The Morgan fingerprint density at radius 2 is 1.63 bits per heavy atom. The second-order valence-electron chi connectivity index (χ2n) is 9.24. The number of benzene rings is 2. The molecule has 0 aliphatic rings. The van der Waals surface area contributed by atoms with Crippen LogP contribution in [0.25, 0.3) is 0 Å². The molecule has 1 unspecified atom stereocenters. The third-order valence-electron chi connectivity index (χ3n) is 5.50. The van der Waals surface area contributed by atoms with Crippen LogP contribution in [0.15, 0.2) is 53.7 Å². The van der Waals surface area contributed by atoms with Crippen LogP contribution < -0.4 is 14.8 Å². The molecule has 0 aliphatic carbocycles. The number of amides is 1. The van der Waals surface area contributed by atoms with Gasteiger partial charge in [-0.2, -0.15) is 0 Å². The molecule has 1 amide bonds. The molecule has 188 valence electrons. The number of aromatic nitrogens is 3. The fourth-order valence-electron chi connectivity index (χ4n) is 3.56. The SMILES string of the molecule is COc1ccc(CNC(=O)CSc2nnc(C(C)Oc3ccc(C(C)C)cc3)n2CC(C)C)cc1. The van der Waals surface area contributed by atoms with Gasteiger partial charge in [0.1, 0.15) is 11.5 Å². The van der Waals surface area contributed by atoms with Gasteiger partial charge in [-0.05, 0) is 54.2 Å². The van der Waals surface area contributed by atoms with E-state index in [1.807, 2.05) is 43.3 Å². The molecular weight excluding hydrogens is 460 g/mol. The standard InChI is InChI=1S/C27H36N4O3S/c1-18(2)16-31-26(20(5)34-24-13-9-22(10-14-24)19(3)4)29-30-27(31)35-17-25(32)28-15-21-7-11-23(33-6)12-8-21/h7-14,18-20H,15-17H2,1-6H3,(H,28,32). The number of carbonyl (C=O) groups is 1. The van der Waals surface area contributed by atoms with Gasteiger partial charge in [0.15, 0.2) is 17.1 Å². The first-order chi connectivity index (χ1) is 16.8. The summed E-state index contributed by atoms with van der Waals surface area (Å²) in [7, 11) is 1.63. The lowest BCUT2D eigenvalue weighted by molar-refractivity contribution is -0.118. The zero-order chi connectivity index (χ0) is 25.4. The van der Waals surface area contributed by atoms with E-state index in [1.54, 1.807) is 7.11 Å². The Labute approximate surface area is 212 Å². The van der Waals surface area contributed by atoms with Crippen LogP contribution in [0.1, 0.15) is 63.6 Å². The Balaban J connectivity index is 1.61. The molecule has 3 aromatic rings. The molecule has 2 aromatic carbocycles. The Morgan fingerprint density at radius 3 is 2.23 bits per heavy atom. The summed E-state index contributed by atoms with van der Waals surface area (Å²) in [5, 5.41) is 12.5. The molecule has 8 heteroatoms. The van der Waals surface area contributed by atoms with Crippen molar-refractivity contribution in [3.05, 3.63) is 65.5 Å². The van der Waals surface area contributed by atoms with Crippen LogP contribution in [-0.2, 0) is 17.9 Å². The van der Waals surface area contributed by atoms with E-state index in [0.29, 0.717) is 18.4 Å². The molecule has 1 N–H and O–H groups in total. The molecule has 1 atom stereocenters. The van der Waals surface area contributed by atoms with E-state index in [0.717, 1.165) is 34.6 Å². The van der Waals surface area contributed by atoms with Gasteiger partial charge in [0.2, 0.25) is 5.91 Å². The maximum atomic E-state index is 12.5. The predicted octanol–water partition coefficient (Wildman–Crippen LogP) is 5.61. The van der Waals surface area contributed by atoms with Crippen LogP contribution in [0.5, 0.6) is 11.5 Å². The van der Waals surface area contributed by atoms with E-state index >= 15 is 0 Å². The number of carbonyl (C=O) groups excluding carboxylic acids is 1. The van der Waals surface area contributed by atoms with Crippen molar-refractivity contribution >= 4 is 17.7 Å². The fourth-order valence-corrected chi connectivity index (χ4v) is 4.34. The predicted molar refractivity (Wildman–Crippen MR) is 140 cm³/mol. The van der Waals surface area contributed by atoms with Gasteiger partial charge in [0.05, 0.1) is 12.9 Å². The number of nitrogens with zero attached hydrogens (tertiary/aromatic N) is 3. The van der Waals surface area contributed by atoms with Crippen LogP contribution in [0.4, 0.5) is 0 Å². The van der Waals surface area contributed by atoms with Gasteiger partial charge in [-0.3, -0.25) is 4.79 Å². The van der Waals surface area contributed by atoms with Gasteiger partial charge in [-0.15, -0.1) is 10.2 Å². The minimum Gasteiger partial charge on any atom is -0.497 e. The summed E-state index contributed by atoms with van der Waals surface area (Å²) in [4.78, 5) is 12.5. The highest BCUT2D eigenvalue weighted by Crippen LogP contribution is 2.27. The van der Waals surface area contributed by atoms with Gasteiger partial charge in [-0.1, -0.05) is 63.7 Å². The van der Waals surface area contributed by atoms with Crippen LogP contribution in [0.3, 0.4) is 0 Å². The van der Waals surface area contributed by atoms with Crippen molar-refractivity contribution < 1.29 is 14.3 Å². The van der Waals surface area contributed by atoms with Crippen LogP contribution in [-0.4, -0.2) is 33.5 Å². The van der Waals surface area contributed by atoms with Gasteiger partial charge in [0.25, 0.3) is 0 Å². The Kier molecular flexibility index (Phi) is 9.60. The largest absolute Gasteiger partial charge is 0.497 e. The number of nitrogens with one attached hydrogen (secondary N) is 1. The number of hydrogen-bond acceptors (Lipinski definition) is 6. The van der Waals surface area contributed by atoms with E-state index in [2.05, 4.69) is 59.9 Å². The van der Waals surface area contributed by atoms with Crippen LogP contribution in [0.2, 0.25) is 0 Å². The van der Waals surface area contributed by atoms with Gasteiger partial charge in [-0.25, -0.2) is 0 Å². The zero-order valence-electron chi connectivity index (χ0n) is 21.4. The van der Waals surface area contributed by atoms with Crippen LogP contribution >= 0.6 is 11.8 Å². The van der Waals surface area contributed by atoms with Gasteiger partial charge in [0, 0.05) is 13.1 Å². The Bertz CT molecular complexity index is 1080. The van der Waals surface area contributed by atoms with E-state index in [9.17, 15) is 4.79 Å². The molecule has 3 rings (SSSR count).